The largest absolute Gasteiger partial charge is 0.301 e. The SMILES string of the molecule is CC(C)(C(=O)Nc1nccs1)C(c1ccccc1)c1ccc2cnccc2c1. The average molecular weight is 388 g/mol. The van der Waals surface area contributed by atoms with E-state index in [0.29, 0.717) is 5.13 Å². The minimum Gasteiger partial charge on any atom is -0.301 e. The van der Waals surface area contributed by atoms with Gasteiger partial charge in [0.15, 0.2) is 5.13 Å². The summed E-state index contributed by atoms with van der Waals surface area (Å²) in [6, 6.07) is 18.5. The molecule has 1 atom stereocenters. The third kappa shape index (κ3) is 3.53. The Morgan fingerprint density at radius 3 is 2.57 bits per heavy atom. The van der Waals surface area contributed by atoms with Gasteiger partial charge in [-0.1, -0.05) is 62.4 Å². The fourth-order valence-electron chi connectivity index (χ4n) is 3.63. The highest BCUT2D eigenvalue weighted by atomic mass is 32.1. The second kappa shape index (κ2) is 7.52. The van der Waals surface area contributed by atoms with Crippen LogP contribution in [0.5, 0.6) is 0 Å². The Bertz CT molecular complexity index is 1090. The van der Waals surface area contributed by atoms with Gasteiger partial charge in [-0.3, -0.25) is 9.78 Å². The van der Waals surface area contributed by atoms with Crippen LogP contribution in [0.15, 0.2) is 78.6 Å². The quantitative estimate of drug-likeness (QED) is 0.493. The van der Waals surface area contributed by atoms with Crippen molar-refractivity contribution in [3.8, 4) is 0 Å². The Morgan fingerprint density at radius 2 is 1.82 bits per heavy atom. The van der Waals surface area contributed by atoms with E-state index in [2.05, 4.69) is 45.6 Å². The molecule has 4 rings (SSSR count). The standard InChI is InChI=1S/C23H21N3OS/c1-23(2,21(27)26-22-25-12-13-28-22)20(16-6-4-3-5-7-16)18-8-9-19-15-24-11-10-17(19)14-18/h3-15,20H,1-2H3,(H,25,26,27). The third-order valence-corrected chi connectivity index (χ3v) is 5.78. The summed E-state index contributed by atoms with van der Waals surface area (Å²) in [5, 5.41) is 7.66. The first-order chi connectivity index (χ1) is 13.6. The van der Waals surface area contributed by atoms with Gasteiger partial charge in [-0.2, -0.15) is 0 Å². The van der Waals surface area contributed by atoms with Crippen molar-refractivity contribution in [2.24, 2.45) is 5.41 Å². The lowest BCUT2D eigenvalue weighted by Crippen LogP contribution is -2.37. The summed E-state index contributed by atoms with van der Waals surface area (Å²) in [5.41, 5.74) is 1.52. The number of pyridine rings is 1. The summed E-state index contributed by atoms with van der Waals surface area (Å²) >= 11 is 1.42. The summed E-state index contributed by atoms with van der Waals surface area (Å²) in [6.45, 7) is 3.98. The molecule has 0 aliphatic carbocycles. The number of carbonyl (C=O) groups is 1. The van der Waals surface area contributed by atoms with E-state index in [4.69, 9.17) is 0 Å². The van der Waals surface area contributed by atoms with E-state index < -0.39 is 5.41 Å². The Kier molecular flexibility index (Phi) is 4.92. The second-order valence-electron chi connectivity index (χ2n) is 7.34. The highest BCUT2D eigenvalue weighted by molar-refractivity contribution is 7.13. The zero-order chi connectivity index (χ0) is 19.6. The number of amides is 1. The first kappa shape index (κ1) is 18.3. The predicted molar refractivity (Wildman–Crippen MR) is 115 cm³/mol. The maximum atomic E-state index is 13.2. The smallest absolute Gasteiger partial charge is 0.232 e. The van der Waals surface area contributed by atoms with Gasteiger partial charge in [0.05, 0.1) is 5.41 Å². The minimum absolute atomic E-state index is 0.0499. The second-order valence-corrected chi connectivity index (χ2v) is 8.23. The number of anilines is 1. The Balaban J connectivity index is 1.79. The molecule has 1 unspecified atom stereocenters. The molecule has 140 valence electrons. The fourth-order valence-corrected chi connectivity index (χ4v) is 4.15. The molecular formula is C23H21N3OS. The molecule has 0 saturated carbocycles. The van der Waals surface area contributed by atoms with Crippen LogP contribution >= 0.6 is 11.3 Å². The third-order valence-electron chi connectivity index (χ3n) is 5.09. The van der Waals surface area contributed by atoms with E-state index in [0.717, 1.165) is 21.9 Å². The van der Waals surface area contributed by atoms with Gasteiger partial charge in [-0.25, -0.2) is 4.98 Å². The van der Waals surface area contributed by atoms with E-state index in [1.165, 1.54) is 11.3 Å². The number of carbonyl (C=O) groups excluding carboxylic acids is 1. The zero-order valence-corrected chi connectivity index (χ0v) is 16.6. The van der Waals surface area contributed by atoms with Gasteiger partial charge < -0.3 is 5.32 Å². The molecule has 0 spiro atoms. The van der Waals surface area contributed by atoms with Gasteiger partial charge in [0, 0.05) is 35.3 Å². The van der Waals surface area contributed by atoms with Gasteiger partial charge >= 0.3 is 0 Å². The number of rotatable bonds is 5. The Hall–Kier alpha value is -3.05. The molecule has 0 aliphatic heterocycles. The number of nitrogens with zero attached hydrogens (tertiary/aromatic N) is 2. The summed E-state index contributed by atoms with van der Waals surface area (Å²) in [5.74, 6) is -0.155. The minimum atomic E-state index is -0.687. The van der Waals surface area contributed by atoms with Crippen LogP contribution in [-0.4, -0.2) is 15.9 Å². The highest BCUT2D eigenvalue weighted by Crippen LogP contribution is 2.42. The number of benzene rings is 2. The van der Waals surface area contributed by atoms with Crippen LogP contribution in [0.1, 0.15) is 30.9 Å². The normalized spacial score (nSPS) is 12.6. The van der Waals surface area contributed by atoms with Crippen LogP contribution in [-0.2, 0) is 4.79 Å². The molecule has 2 aromatic heterocycles. The van der Waals surface area contributed by atoms with Crippen molar-refractivity contribution in [3.05, 3.63) is 89.7 Å². The summed E-state index contributed by atoms with van der Waals surface area (Å²) in [4.78, 5) is 21.6. The van der Waals surface area contributed by atoms with E-state index in [9.17, 15) is 4.79 Å². The van der Waals surface area contributed by atoms with Crippen LogP contribution in [0.4, 0.5) is 5.13 Å². The van der Waals surface area contributed by atoms with Crippen LogP contribution in [0.3, 0.4) is 0 Å². The van der Waals surface area contributed by atoms with Crippen molar-refractivity contribution in [1.82, 2.24) is 9.97 Å². The maximum absolute atomic E-state index is 13.2. The number of hydrogen-bond donors (Lipinski definition) is 1. The van der Waals surface area contributed by atoms with Crippen molar-refractivity contribution < 1.29 is 4.79 Å². The van der Waals surface area contributed by atoms with Crippen molar-refractivity contribution in [2.45, 2.75) is 19.8 Å². The van der Waals surface area contributed by atoms with Gasteiger partial charge in [-0.15, -0.1) is 11.3 Å². The zero-order valence-electron chi connectivity index (χ0n) is 15.8. The van der Waals surface area contributed by atoms with Gasteiger partial charge in [0.1, 0.15) is 0 Å². The number of nitrogens with one attached hydrogen (secondary N) is 1. The molecule has 0 radical (unpaired) electrons. The van der Waals surface area contributed by atoms with Gasteiger partial charge in [0.25, 0.3) is 0 Å². The molecule has 2 aromatic carbocycles. The monoisotopic (exact) mass is 387 g/mol. The fraction of sp³-hybridized carbons (Fsp3) is 0.174. The molecule has 0 aliphatic rings. The van der Waals surface area contributed by atoms with E-state index in [1.807, 2.05) is 49.7 Å². The first-order valence-corrected chi connectivity index (χ1v) is 10.0. The van der Waals surface area contributed by atoms with Crippen LogP contribution in [0.25, 0.3) is 10.8 Å². The highest BCUT2D eigenvalue weighted by Gasteiger charge is 2.39. The summed E-state index contributed by atoms with van der Waals surface area (Å²) in [6.07, 6.45) is 5.35. The number of fused-ring (bicyclic) bond motifs is 1. The van der Waals surface area contributed by atoms with Crippen molar-refractivity contribution in [1.29, 1.82) is 0 Å². The summed E-state index contributed by atoms with van der Waals surface area (Å²) < 4.78 is 0. The van der Waals surface area contributed by atoms with Crippen LogP contribution < -0.4 is 5.32 Å². The van der Waals surface area contributed by atoms with Crippen LogP contribution in [0.2, 0.25) is 0 Å². The maximum Gasteiger partial charge on any atom is 0.232 e. The van der Waals surface area contributed by atoms with Crippen molar-refractivity contribution >= 4 is 33.1 Å². The van der Waals surface area contributed by atoms with Crippen molar-refractivity contribution in [3.63, 3.8) is 0 Å². The molecule has 0 saturated heterocycles. The summed E-state index contributed by atoms with van der Waals surface area (Å²) in [7, 11) is 0. The molecule has 1 N–H and O–H groups in total. The predicted octanol–water partition coefficient (Wildman–Crippen LogP) is 5.49. The molecule has 4 aromatic rings. The Labute approximate surface area is 168 Å². The van der Waals surface area contributed by atoms with E-state index >= 15 is 0 Å². The molecule has 4 nitrogen and oxygen atoms in total. The van der Waals surface area contributed by atoms with E-state index in [-0.39, 0.29) is 11.8 Å². The number of hydrogen-bond acceptors (Lipinski definition) is 4. The lowest BCUT2D eigenvalue weighted by molar-refractivity contribution is -0.124. The lowest BCUT2D eigenvalue weighted by Gasteiger charge is -2.34. The Morgan fingerprint density at radius 1 is 1.00 bits per heavy atom. The number of aromatic nitrogens is 2. The van der Waals surface area contributed by atoms with Gasteiger partial charge in [-0.05, 0) is 22.6 Å². The first-order valence-electron chi connectivity index (χ1n) is 9.15. The molecule has 5 heteroatoms. The number of thiazole rings is 1. The molecule has 2 heterocycles. The van der Waals surface area contributed by atoms with Crippen molar-refractivity contribution in [2.75, 3.05) is 5.32 Å². The van der Waals surface area contributed by atoms with E-state index in [1.54, 1.807) is 12.4 Å². The molecule has 1 amide bonds. The molecule has 0 bridgehead atoms. The topological polar surface area (TPSA) is 54.9 Å². The lowest BCUT2D eigenvalue weighted by atomic mass is 9.70. The van der Waals surface area contributed by atoms with Gasteiger partial charge in [0.2, 0.25) is 5.91 Å². The molecule has 0 fully saturated rings. The molecular weight excluding hydrogens is 366 g/mol. The average Bonchev–Trinajstić information content (AvgIpc) is 3.22. The molecule has 28 heavy (non-hydrogen) atoms. The van der Waals surface area contributed by atoms with Crippen LogP contribution in [0, 0.1) is 5.41 Å².